The zero-order chi connectivity index (χ0) is 27.2. The van der Waals surface area contributed by atoms with Crippen LogP contribution in [0.5, 0.6) is 0 Å². The molecule has 1 saturated carbocycles. The maximum absolute atomic E-state index is 14.9. The summed E-state index contributed by atoms with van der Waals surface area (Å²) < 4.78 is 42.2. The molecule has 5 rings (SSSR count). The fourth-order valence-electron chi connectivity index (χ4n) is 5.86. The van der Waals surface area contributed by atoms with Gasteiger partial charge >= 0.3 is 0 Å². The molecule has 4 heterocycles. The molecule has 1 saturated heterocycles. The Morgan fingerprint density at radius 1 is 1.13 bits per heavy atom. The van der Waals surface area contributed by atoms with Gasteiger partial charge in [0, 0.05) is 48.8 Å². The molecule has 2 aromatic heterocycles. The third-order valence-electron chi connectivity index (χ3n) is 8.20. The molecule has 0 N–H and O–H groups in total. The number of rotatable bonds is 5. The first-order valence-corrected chi connectivity index (χ1v) is 12.5. The van der Waals surface area contributed by atoms with Crippen LogP contribution < -0.4 is 9.80 Å². The Kier molecular flexibility index (Phi) is 6.38. The number of aromatic nitrogens is 3. The lowest BCUT2D eigenvalue weighted by atomic mass is 9.66. The second-order valence-corrected chi connectivity index (χ2v) is 10.5. The summed E-state index contributed by atoms with van der Waals surface area (Å²) in [5, 5.41) is 18.7. The molecule has 0 bridgehead atoms. The van der Waals surface area contributed by atoms with E-state index < -0.39 is 36.5 Å². The molecule has 1 spiro atoms. The van der Waals surface area contributed by atoms with E-state index in [1.54, 1.807) is 17.9 Å². The number of piperazine rings is 1. The van der Waals surface area contributed by atoms with Crippen molar-refractivity contribution in [1.29, 1.82) is 10.5 Å². The minimum atomic E-state index is -2.33. The van der Waals surface area contributed by atoms with Crippen molar-refractivity contribution >= 4 is 23.2 Å². The van der Waals surface area contributed by atoms with Gasteiger partial charge in [-0.1, -0.05) is 6.42 Å². The Morgan fingerprint density at radius 2 is 1.84 bits per heavy atom. The van der Waals surface area contributed by atoms with Crippen LogP contribution in [-0.4, -0.2) is 70.8 Å². The molecule has 12 heteroatoms. The van der Waals surface area contributed by atoms with E-state index >= 15 is 0 Å². The number of amides is 1. The smallest absolute Gasteiger partial charge is 0.248 e. The number of pyridine rings is 1. The van der Waals surface area contributed by atoms with Crippen molar-refractivity contribution in [2.75, 3.05) is 42.8 Å². The maximum atomic E-state index is 14.9. The third kappa shape index (κ3) is 3.73. The van der Waals surface area contributed by atoms with Crippen molar-refractivity contribution in [3.8, 4) is 12.1 Å². The van der Waals surface area contributed by atoms with Crippen LogP contribution in [-0.2, 0) is 10.2 Å². The minimum absolute atomic E-state index is 0.102. The topological polar surface area (TPSA) is 113 Å². The van der Waals surface area contributed by atoms with Gasteiger partial charge in [0.1, 0.15) is 43.1 Å². The monoisotopic (exact) mass is 524 g/mol. The number of nitrogens with zero attached hydrogens (tertiary/aromatic N) is 8. The fourth-order valence-corrected chi connectivity index (χ4v) is 5.86. The van der Waals surface area contributed by atoms with E-state index in [-0.39, 0.29) is 29.4 Å². The molecule has 198 valence electrons. The number of hydrogen-bond acceptors (Lipinski definition) is 8. The molecule has 0 radical (unpaired) electrons. The maximum Gasteiger partial charge on any atom is 0.248 e. The van der Waals surface area contributed by atoms with Gasteiger partial charge in [-0.2, -0.15) is 10.5 Å². The Hall–Kier alpha value is -3.93. The lowest BCUT2D eigenvalue weighted by Gasteiger charge is -2.47. The van der Waals surface area contributed by atoms with Crippen molar-refractivity contribution in [2.45, 2.75) is 50.6 Å². The Morgan fingerprint density at radius 3 is 2.45 bits per heavy atom. The largest absolute Gasteiger partial charge is 0.350 e. The summed E-state index contributed by atoms with van der Waals surface area (Å²) in [6.07, 6.45) is 5.20. The lowest BCUT2D eigenvalue weighted by molar-refractivity contribution is -0.143. The molecule has 3 aliphatic rings. The molecule has 2 fully saturated rings. The molecular formula is C26H27F3N8O. The normalized spacial score (nSPS) is 22.0. The number of hydrogen-bond donors (Lipinski definition) is 0. The summed E-state index contributed by atoms with van der Waals surface area (Å²) in [5.41, 5.74) is -1.39. The van der Waals surface area contributed by atoms with E-state index in [9.17, 15) is 28.5 Å². The van der Waals surface area contributed by atoms with Gasteiger partial charge in [0.2, 0.25) is 5.91 Å². The van der Waals surface area contributed by atoms with E-state index in [0.717, 1.165) is 31.0 Å². The first-order valence-electron chi connectivity index (χ1n) is 12.5. The molecular weight excluding hydrogens is 497 g/mol. The third-order valence-corrected chi connectivity index (χ3v) is 8.20. The van der Waals surface area contributed by atoms with Crippen LogP contribution in [0.3, 0.4) is 0 Å². The summed E-state index contributed by atoms with van der Waals surface area (Å²) in [6, 6.07) is 4.20. The predicted octanol–water partition coefficient (Wildman–Crippen LogP) is 3.33. The van der Waals surface area contributed by atoms with E-state index in [0.29, 0.717) is 24.7 Å². The van der Waals surface area contributed by atoms with Gasteiger partial charge in [-0.3, -0.25) is 4.79 Å². The molecule has 9 nitrogen and oxygen atoms in total. The highest BCUT2D eigenvalue weighted by Gasteiger charge is 2.52. The number of alkyl halides is 2. The number of halogens is 3. The van der Waals surface area contributed by atoms with Crippen LogP contribution in [0, 0.1) is 33.9 Å². The van der Waals surface area contributed by atoms with Crippen LogP contribution in [0.2, 0.25) is 0 Å². The van der Waals surface area contributed by atoms with Gasteiger partial charge in [-0.15, -0.1) is 0 Å². The van der Waals surface area contributed by atoms with Crippen LogP contribution in [0.25, 0.3) is 0 Å². The number of anilines is 3. The quantitative estimate of drug-likeness (QED) is 0.586. The van der Waals surface area contributed by atoms with Gasteiger partial charge in [0.15, 0.2) is 11.2 Å². The first kappa shape index (κ1) is 25.7. The Bertz CT molecular complexity index is 1350. The molecule has 0 aromatic carbocycles. The Labute approximate surface area is 218 Å². The second kappa shape index (κ2) is 9.43. The highest BCUT2D eigenvalue weighted by Crippen LogP contribution is 2.56. The first-order chi connectivity index (χ1) is 18.2. The second-order valence-electron chi connectivity index (χ2n) is 10.5. The molecule has 1 amide bonds. The minimum Gasteiger partial charge on any atom is -0.350 e. The van der Waals surface area contributed by atoms with Gasteiger partial charge in [-0.05, 0) is 26.7 Å². The van der Waals surface area contributed by atoms with E-state index in [4.69, 9.17) is 0 Å². The van der Waals surface area contributed by atoms with Crippen molar-refractivity contribution in [3.05, 3.63) is 35.7 Å². The zero-order valence-electron chi connectivity index (χ0n) is 21.2. The van der Waals surface area contributed by atoms with Crippen LogP contribution >= 0.6 is 0 Å². The zero-order valence-corrected chi connectivity index (χ0v) is 21.2. The fraction of sp³-hybridized carbons (Fsp3) is 0.538. The molecule has 38 heavy (non-hydrogen) atoms. The van der Waals surface area contributed by atoms with Crippen LogP contribution in [0.1, 0.15) is 44.4 Å². The van der Waals surface area contributed by atoms with E-state index in [2.05, 4.69) is 19.9 Å². The summed E-state index contributed by atoms with van der Waals surface area (Å²) in [7, 11) is 0. The highest BCUT2D eigenvalue weighted by atomic mass is 19.1. The number of nitriles is 2. The molecule has 2 atom stereocenters. The standard InChI is InChI=1S/C26H27F3N8O/c1-16-10-36(24(38)26(11-27,12-28)13-31)17(2)9-35(16)22-21-23(34-15-33-22)37(14-25(21)4-3-5-25)20-6-18(7-30)32-8-19(20)29/h6,8,15-17H,3-5,9-12,14H2,1-2H3/t16-,17+/m0/s1. The summed E-state index contributed by atoms with van der Waals surface area (Å²) in [4.78, 5) is 31.3. The van der Waals surface area contributed by atoms with Crippen LogP contribution in [0.4, 0.5) is 30.5 Å². The highest BCUT2D eigenvalue weighted by molar-refractivity contribution is 5.86. The van der Waals surface area contributed by atoms with Gasteiger partial charge in [0.05, 0.1) is 18.0 Å². The van der Waals surface area contributed by atoms with Gasteiger partial charge in [-0.25, -0.2) is 28.1 Å². The van der Waals surface area contributed by atoms with E-state index in [1.807, 2.05) is 13.0 Å². The number of carbonyl (C=O) groups excluding carboxylic acids is 1. The Balaban J connectivity index is 1.52. The van der Waals surface area contributed by atoms with Crippen molar-refractivity contribution < 1.29 is 18.0 Å². The predicted molar refractivity (Wildman–Crippen MR) is 131 cm³/mol. The molecule has 0 unspecified atom stereocenters. The lowest BCUT2D eigenvalue weighted by Crippen LogP contribution is -2.62. The van der Waals surface area contributed by atoms with Crippen molar-refractivity contribution in [1.82, 2.24) is 19.9 Å². The molecule has 1 aliphatic carbocycles. The summed E-state index contributed by atoms with van der Waals surface area (Å²) in [6.45, 7) is 1.85. The summed E-state index contributed by atoms with van der Waals surface area (Å²) >= 11 is 0. The van der Waals surface area contributed by atoms with Crippen molar-refractivity contribution in [2.24, 2.45) is 5.41 Å². The van der Waals surface area contributed by atoms with Crippen LogP contribution in [0.15, 0.2) is 18.6 Å². The van der Waals surface area contributed by atoms with E-state index in [1.165, 1.54) is 17.3 Å². The van der Waals surface area contributed by atoms with Crippen molar-refractivity contribution in [3.63, 3.8) is 0 Å². The van der Waals surface area contributed by atoms with Gasteiger partial charge in [0.25, 0.3) is 0 Å². The average molecular weight is 525 g/mol. The number of fused-ring (bicyclic) bond motifs is 2. The average Bonchev–Trinajstić information content (AvgIpc) is 3.28. The SMILES string of the molecule is C[C@@H]1CN(c2ncnc3c2C2(CCC2)CN3c2cc(C#N)ncc2F)[C@@H](C)CN1C(=O)C(C#N)(CF)CF. The molecule has 2 aromatic rings. The van der Waals surface area contributed by atoms with Gasteiger partial charge < -0.3 is 14.7 Å². The molecule has 2 aliphatic heterocycles. The summed E-state index contributed by atoms with van der Waals surface area (Å²) in [5.74, 6) is -0.149. The number of carbonyl (C=O) groups is 1.